The molecule has 0 heterocycles. The van der Waals surface area contributed by atoms with Gasteiger partial charge in [0, 0.05) is 0 Å². The molecule has 0 N–H and O–H groups in total. The zero-order chi connectivity index (χ0) is 13.3. The van der Waals surface area contributed by atoms with Crippen molar-refractivity contribution in [1.29, 1.82) is 0 Å². The molecule has 2 rings (SSSR count). The van der Waals surface area contributed by atoms with E-state index in [1.54, 1.807) is 7.11 Å². The molecule has 1 aromatic rings. The molecule has 1 unspecified atom stereocenters. The average molecular weight is 242 g/mol. The number of carbonyl (C=O) groups excluding carboxylic acids is 1. The van der Waals surface area contributed by atoms with E-state index in [9.17, 15) is 4.79 Å². The highest BCUT2D eigenvalue weighted by molar-refractivity contribution is 6.06. The Labute approximate surface area is 108 Å². The van der Waals surface area contributed by atoms with E-state index in [0.29, 0.717) is 0 Å². The third kappa shape index (κ3) is 1.78. The van der Waals surface area contributed by atoms with Crippen LogP contribution in [0.5, 0.6) is 5.75 Å². The lowest BCUT2D eigenvalue weighted by Gasteiger charge is -2.32. The van der Waals surface area contributed by atoms with Crippen LogP contribution < -0.4 is 4.74 Å². The molecule has 0 saturated carbocycles. The van der Waals surface area contributed by atoms with Crippen LogP contribution in [-0.2, 0) is 10.2 Å². The molecule has 0 bridgehead atoms. The predicted octanol–water partition coefficient (Wildman–Crippen LogP) is 3.43. The zero-order valence-corrected chi connectivity index (χ0v) is 11.3. The number of ether oxygens (including phenoxy) is 1. The first-order valence-electron chi connectivity index (χ1n) is 6.05. The van der Waals surface area contributed by atoms with Gasteiger partial charge in [-0.05, 0) is 44.0 Å². The third-order valence-electron chi connectivity index (χ3n) is 3.85. The summed E-state index contributed by atoms with van der Waals surface area (Å²) in [6.07, 6.45) is 3.92. The van der Waals surface area contributed by atoms with Gasteiger partial charge in [0.05, 0.1) is 12.5 Å². The Morgan fingerprint density at radius 1 is 1.06 bits per heavy atom. The van der Waals surface area contributed by atoms with Gasteiger partial charge in [-0.1, -0.05) is 29.9 Å². The lowest BCUT2D eigenvalue weighted by molar-refractivity contribution is -0.119. The molecule has 18 heavy (non-hydrogen) atoms. The van der Waals surface area contributed by atoms with Crippen LogP contribution in [0.15, 0.2) is 47.6 Å². The van der Waals surface area contributed by atoms with E-state index in [-0.39, 0.29) is 5.78 Å². The van der Waals surface area contributed by atoms with Crippen LogP contribution in [0.3, 0.4) is 0 Å². The van der Waals surface area contributed by atoms with E-state index < -0.39 is 5.41 Å². The number of benzene rings is 1. The summed E-state index contributed by atoms with van der Waals surface area (Å²) in [5.74, 6) is 0.979. The quantitative estimate of drug-likeness (QED) is 0.794. The van der Waals surface area contributed by atoms with E-state index in [2.05, 4.69) is 0 Å². The van der Waals surface area contributed by atoms with E-state index >= 15 is 0 Å². The van der Waals surface area contributed by atoms with Crippen molar-refractivity contribution in [3.8, 4) is 5.75 Å². The van der Waals surface area contributed by atoms with Crippen molar-refractivity contribution in [1.82, 2.24) is 0 Å². The second-order valence-electron chi connectivity index (χ2n) is 4.88. The van der Waals surface area contributed by atoms with Crippen LogP contribution in [0.4, 0.5) is 0 Å². The second kappa shape index (κ2) is 4.45. The molecule has 0 aromatic heterocycles. The fourth-order valence-electron chi connectivity index (χ4n) is 2.35. The Balaban J connectivity index is 2.50. The van der Waals surface area contributed by atoms with Gasteiger partial charge in [0.2, 0.25) is 0 Å². The Morgan fingerprint density at radius 2 is 1.67 bits per heavy atom. The Hall–Kier alpha value is -1.83. The average Bonchev–Trinajstić information content (AvgIpc) is 2.41. The zero-order valence-electron chi connectivity index (χ0n) is 11.3. The van der Waals surface area contributed by atoms with Gasteiger partial charge >= 0.3 is 0 Å². The van der Waals surface area contributed by atoms with Crippen LogP contribution in [0.25, 0.3) is 0 Å². The molecule has 1 aliphatic carbocycles. The molecule has 1 aromatic carbocycles. The molecular formula is C16H18O2. The molecule has 1 aliphatic rings. The minimum Gasteiger partial charge on any atom is -0.497 e. The molecule has 94 valence electrons. The highest BCUT2D eigenvalue weighted by Crippen LogP contribution is 2.38. The lowest BCUT2D eigenvalue weighted by Crippen LogP contribution is -2.36. The molecule has 0 aliphatic heterocycles. The van der Waals surface area contributed by atoms with Gasteiger partial charge in [-0.15, -0.1) is 0 Å². The highest BCUT2D eigenvalue weighted by atomic mass is 16.5. The van der Waals surface area contributed by atoms with E-state index in [4.69, 9.17) is 4.74 Å². The lowest BCUT2D eigenvalue weighted by atomic mass is 9.69. The first kappa shape index (κ1) is 12.6. The number of hydrogen-bond donors (Lipinski definition) is 0. The number of ketones is 1. The van der Waals surface area contributed by atoms with Crippen LogP contribution in [0.1, 0.15) is 26.3 Å². The number of carbonyl (C=O) groups is 1. The van der Waals surface area contributed by atoms with Gasteiger partial charge < -0.3 is 4.74 Å². The number of hydrogen-bond acceptors (Lipinski definition) is 2. The van der Waals surface area contributed by atoms with Gasteiger partial charge in [-0.2, -0.15) is 0 Å². The van der Waals surface area contributed by atoms with Gasteiger partial charge in [0.15, 0.2) is 5.78 Å². The molecule has 0 spiro atoms. The second-order valence-corrected chi connectivity index (χ2v) is 4.88. The monoisotopic (exact) mass is 242 g/mol. The molecule has 0 amide bonds. The Kier molecular flexibility index (Phi) is 3.12. The van der Waals surface area contributed by atoms with Crippen molar-refractivity contribution in [2.75, 3.05) is 7.11 Å². The first-order chi connectivity index (χ1) is 8.50. The van der Waals surface area contributed by atoms with Crippen molar-refractivity contribution in [2.24, 2.45) is 0 Å². The Morgan fingerprint density at radius 3 is 2.22 bits per heavy atom. The summed E-state index contributed by atoms with van der Waals surface area (Å²) >= 11 is 0. The fourth-order valence-corrected chi connectivity index (χ4v) is 2.35. The minimum atomic E-state index is -0.550. The maximum Gasteiger partial charge on any atom is 0.172 e. The summed E-state index contributed by atoms with van der Waals surface area (Å²) in [7, 11) is 1.64. The molecule has 1 atom stereocenters. The van der Waals surface area contributed by atoms with Crippen molar-refractivity contribution in [2.45, 2.75) is 26.2 Å². The molecule has 0 saturated heterocycles. The van der Waals surface area contributed by atoms with Crippen molar-refractivity contribution >= 4 is 5.78 Å². The smallest absolute Gasteiger partial charge is 0.172 e. The molecule has 0 fully saturated rings. The standard InChI is InChI=1S/C16H18O2/c1-11-5-6-12(2)16(3,15(11)17)13-7-9-14(18-4)10-8-13/h5-10H,1-4H3. The maximum atomic E-state index is 12.5. The first-order valence-corrected chi connectivity index (χ1v) is 6.05. The number of rotatable bonds is 2. The summed E-state index contributed by atoms with van der Waals surface area (Å²) in [5, 5.41) is 0. The van der Waals surface area contributed by atoms with Crippen molar-refractivity contribution in [3.05, 3.63) is 53.1 Å². The van der Waals surface area contributed by atoms with E-state index in [0.717, 1.165) is 22.5 Å². The number of allylic oxidation sites excluding steroid dienone is 4. The normalized spacial score (nSPS) is 23.4. The van der Waals surface area contributed by atoms with Crippen molar-refractivity contribution < 1.29 is 9.53 Å². The van der Waals surface area contributed by atoms with E-state index in [1.807, 2.05) is 57.2 Å². The molecule has 2 nitrogen and oxygen atoms in total. The van der Waals surface area contributed by atoms with Gasteiger partial charge in [0.1, 0.15) is 5.75 Å². The van der Waals surface area contributed by atoms with E-state index in [1.165, 1.54) is 0 Å². The molecule has 2 heteroatoms. The maximum absolute atomic E-state index is 12.5. The summed E-state index contributed by atoms with van der Waals surface area (Å²) in [4.78, 5) is 12.5. The summed E-state index contributed by atoms with van der Waals surface area (Å²) in [5.41, 5.74) is 2.34. The predicted molar refractivity (Wildman–Crippen MR) is 72.9 cm³/mol. The summed E-state index contributed by atoms with van der Waals surface area (Å²) < 4.78 is 5.15. The topological polar surface area (TPSA) is 26.3 Å². The number of methoxy groups -OCH3 is 1. The Bertz CT molecular complexity index is 531. The van der Waals surface area contributed by atoms with Crippen LogP contribution >= 0.6 is 0 Å². The van der Waals surface area contributed by atoms with Crippen LogP contribution in [0.2, 0.25) is 0 Å². The highest BCUT2D eigenvalue weighted by Gasteiger charge is 2.38. The fraction of sp³-hybridized carbons (Fsp3) is 0.312. The SMILES string of the molecule is COc1ccc(C2(C)C(=O)C(C)=CC=C2C)cc1. The summed E-state index contributed by atoms with van der Waals surface area (Å²) in [6.45, 7) is 5.86. The van der Waals surface area contributed by atoms with Crippen LogP contribution in [-0.4, -0.2) is 12.9 Å². The largest absolute Gasteiger partial charge is 0.497 e. The molecular weight excluding hydrogens is 224 g/mol. The van der Waals surface area contributed by atoms with Crippen molar-refractivity contribution in [3.63, 3.8) is 0 Å². The van der Waals surface area contributed by atoms with Gasteiger partial charge in [-0.3, -0.25) is 4.79 Å². The summed E-state index contributed by atoms with van der Waals surface area (Å²) in [6, 6.07) is 7.73. The van der Waals surface area contributed by atoms with Crippen LogP contribution in [0, 0.1) is 0 Å². The molecule has 0 radical (unpaired) electrons. The third-order valence-corrected chi connectivity index (χ3v) is 3.85. The van der Waals surface area contributed by atoms with Gasteiger partial charge in [0.25, 0.3) is 0 Å². The number of Topliss-reactive ketones (excluding diaryl/α,β-unsaturated/α-hetero) is 1. The van der Waals surface area contributed by atoms with Gasteiger partial charge in [-0.25, -0.2) is 0 Å². The minimum absolute atomic E-state index is 0.174.